The van der Waals surface area contributed by atoms with E-state index in [1.165, 1.54) is 4.90 Å². The molecular weight excluding hydrogens is 449 g/mol. The molecule has 2 atom stereocenters. The van der Waals surface area contributed by atoms with Crippen molar-refractivity contribution < 1.29 is 32.3 Å². The Kier molecular flexibility index (Phi) is 8.31. The van der Waals surface area contributed by atoms with Gasteiger partial charge in [0.05, 0.1) is 0 Å². The summed E-state index contributed by atoms with van der Waals surface area (Å²) in [6.45, 7) is 3.24. The number of ether oxygens (including phenoxy) is 1. The Morgan fingerprint density at radius 1 is 1.15 bits per heavy atom. The van der Waals surface area contributed by atoms with E-state index in [9.17, 15) is 27.6 Å². The molecule has 1 N–H and O–H groups in total. The summed E-state index contributed by atoms with van der Waals surface area (Å²) in [5.74, 6) is -5.18. The van der Waals surface area contributed by atoms with E-state index in [2.05, 4.69) is 5.32 Å². The summed E-state index contributed by atoms with van der Waals surface area (Å²) < 4.78 is 46.5. The smallest absolute Gasteiger partial charge is 0.329 e. The van der Waals surface area contributed by atoms with Crippen LogP contribution in [-0.2, 0) is 32.3 Å². The van der Waals surface area contributed by atoms with Gasteiger partial charge < -0.3 is 15.0 Å². The van der Waals surface area contributed by atoms with Gasteiger partial charge >= 0.3 is 5.97 Å². The van der Waals surface area contributed by atoms with Gasteiger partial charge in [0.1, 0.15) is 18.5 Å². The van der Waals surface area contributed by atoms with Gasteiger partial charge in [-0.2, -0.15) is 0 Å². The van der Waals surface area contributed by atoms with E-state index in [0.29, 0.717) is 12.5 Å². The van der Waals surface area contributed by atoms with Gasteiger partial charge in [-0.3, -0.25) is 9.59 Å². The van der Waals surface area contributed by atoms with E-state index in [-0.39, 0.29) is 43.4 Å². The van der Waals surface area contributed by atoms with E-state index in [0.717, 1.165) is 11.6 Å². The van der Waals surface area contributed by atoms with Crippen LogP contribution < -0.4 is 5.32 Å². The fraction of sp³-hybridized carbons (Fsp3) is 0.400. The van der Waals surface area contributed by atoms with E-state index in [1.807, 2.05) is 30.3 Å². The number of carbonyl (C=O) groups excluding carboxylic acids is 3. The summed E-state index contributed by atoms with van der Waals surface area (Å²) in [6, 6.07) is 8.90. The van der Waals surface area contributed by atoms with Crippen LogP contribution in [0.5, 0.6) is 0 Å². The van der Waals surface area contributed by atoms with Crippen molar-refractivity contribution in [2.75, 3.05) is 0 Å². The fourth-order valence-electron chi connectivity index (χ4n) is 3.89. The SMILES string of the molecule is CC(C)[C@H](NC(=O)C[C@@H]1CCC(=O)N1Cc1cc(F)cc(F)c1F)C(=O)OCc1ccccc1. The third-order valence-corrected chi connectivity index (χ3v) is 5.74. The predicted molar refractivity (Wildman–Crippen MR) is 118 cm³/mol. The van der Waals surface area contributed by atoms with E-state index in [1.54, 1.807) is 13.8 Å². The number of rotatable bonds is 9. The Labute approximate surface area is 196 Å². The van der Waals surface area contributed by atoms with Crippen LogP contribution in [0.1, 0.15) is 44.2 Å². The van der Waals surface area contributed by atoms with Crippen molar-refractivity contribution in [3.8, 4) is 0 Å². The van der Waals surface area contributed by atoms with Gasteiger partial charge in [-0.1, -0.05) is 44.2 Å². The maximum atomic E-state index is 14.1. The molecule has 2 aromatic rings. The van der Waals surface area contributed by atoms with Gasteiger partial charge in [-0.25, -0.2) is 18.0 Å². The molecule has 1 saturated heterocycles. The highest BCUT2D eigenvalue weighted by atomic mass is 19.2. The molecule has 1 aliphatic rings. The second-order valence-corrected chi connectivity index (χ2v) is 8.66. The third-order valence-electron chi connectivity index (χ3n) is 5.74. The maximum absolute atomic E-state index is 14.1. The molecule has 0 bridgehead atoms. The number of nitrogens with zero attached hydrogens (tertiary/aromatic N) is 1. The Morgan fingerprint density at radius 3 is 2.53 bits per heavy atom. The lowest BCUT2D eigenvalue weighted by atomic mass is 10.0. The number of carbonyl (C=O) groups is 3. The molecule has 1 heterocycles. The zero-order valence-corrected chi connectivity index (χ0v) is 19.0. The number of esters is 1. The van der Waals surface area contributed by atoms with Crippen molar-refractivity contribution in [3.63, 3.8) is 0 Å². The second-order valence-electron chi connectivity index (χ2n) is 8.66. The minimum absolute atomic E-state index is 0.0689. The zero-order valence-electron chi connectivity index (χ0n) is 19.0. The number of halogens is 3. The normalized spacial score (nSPS) is 16.6. The molecular formula is C25H27F3N2O4. The molecule has 0 aliphatic carbocycles. The molecule has 3 rings (SSSR count). The molecule has 34 heavy (non-hydrogen) atoms. The summed E-state index contributed by atoms with van der Waals surface area (Å²) in [5, 5.41) is 2.66. The molecule has 0 saturated carbocycles. The lowest BCUT2D eigenvalue weighted by Crippen LogP contribution is -2.47. The highest BCUT2D eigenvalue weighted by molar-refractivity contribution is 5.86. The van der Waals surface area contributed by atoms with Crippen LogP contribution in [0.4, 0.5) is 13.2 Å². The first-order valence-electron chi connectivity index (χ1n) is 11.1. The van der Waals surface area contributed by atoms with E-state index in [4.69, 9.17) is 4.74 Å². The van der Waals surface area contributed by atoms with Crippen LogP contribution in [0.15, 0.2) is 42.5 Å². The quantitative estimate of drug-likeness (QED) is 0.441. The average molecular weight is 476 g/mol. The average Bonchev–Trinajstić information content (AvgIpc) is 3.13. The highest BCUT2D eigenvalue weighted by Gasteiger charge is 2.34. The molecule has 9 heteroatoms. The Hall–Kier alpha value is -3.36. The number of hydrogen-bond acceptors (Lipinski definition) is 4. The van der Waals surface area contributed by atoms with Gasteiger partial charge in [0, 0.05) is 37.1 Å². The standard InChI is InChI=1S/C25H27F3N2O4/c1-15(2)24(25(33)34-14-16-6-4-3-5-7-16)29-21(31)12-19-8-9-22(32)30(19)13-17-10-18(26)11-20(27)23(17)28/h3-7,10-11,15,19,24H,8-9,12-14H2,1-2H3,(H,29,31)/t19-,24-/m0/s1. The van der Waals surface area contributed by atoms with Crippen LogP contribution in [0.3, 0.4) is 0 Å². The zero-order chi connectivity index (χ0) is 24.8. The van der Waals surface area contributed by atoms with Gasteiger partial charge in [0.25, 0.3) is 0 Å². The summed E-state index contributed by atoms with van der Waals surface area (Å²) in [4.78, 5) is 38.9. The number of amides is 2. The van der Waals surface area contributed by atoms with Gasteiger partial charge in [-0.15, -0.1) is 0 Å². The largest absolute Gasteiger partial charge is 0.459 e. The first kappa shape index (κ1) is 25.3. The fourth-order valence-corrected chi connectivity index (χ4v) is 3.89. The summed E-state index contributed by atoms with van der Waals surface area (Å²) in [5.41, 5.74) is 0.508. The molecule has 2 amide bonds. The first-order valence-corrected chi connectivity index (χ1v) is 11.1. The van der Waals surface area contributed by atoms with Crippen molar-refractivity contribution in [2.24, 2.45) is 5.92 Å². The van der Waals surface area contributed by atoms with Crippen LogP contribution >= 0.6 is 0 Å². The van der Waals surface area contributed by atoms with Crippen molar-refractivity contribution in [1.29, 1.82) is 0 Å². The number of likely N-dealkylation sites (tertiary alicyclic amines) is 1. The van der Waals surface area contributed by atoms with Crippen LogP contribution in [0.2, 0.25) is 0 Å². The molecule has 182 valence electrons. The molecule has 2 aromatic carbocycles. The van der Waals surface area contributed by atoms with Crippen molar-refractivity contribution >= 4 is 17.8 Å². The number of benzene rings is 2. The maximum Gasteiger partial charge on any atom is 0.329 e. The predicted octanol–water partition coefficient (Wildman–Crippen LogP) is 3.87. The van der Waals surface area contributed by atoms with Crippen molar-refractivity contribution in [1.82, 2.24) is 10.2 Å². The minimum atomic E-state index is -1.34. The topological polar surface area (TPSA) is 75.7 Å². The minimum Gasteiger partial charge on any atom is -0.459 e. The summed E-state index contributed by atoms with van der Waals surface area (Å²) >= 11 is 0. The third kappa shape index (κ3) is 6.36. The second kappa shape index (κ2) is 11.2. The van der Waals surface area contributed by atoms with Crippen LogP contribution in [0.25, 0.3) is 0 Å². The van der Waals surface area contributed by atoms with Gasteiger partial charge in [0.2, 0.25) is 11.8 Å². The van der Waals surface area contributed by atoms with Gasteiger partial charge in [0.15, 0.2) is 11.6 Å². The molecule has 0 aromatic heterocycles. The molecule has 0 spiro atoms. The summed E-state index contributed by atoms with van der Waals surface area (Å²) in [6.07, 6.45) is 0.320. The van der Waals surface area contributed by atoms with Crippen molar-refractivity contribution in [3.05, 3.63) is 71.0 Å². The highest BCUT2D eigenvalue weighted by Crippen LogP contribution is 2.26. The summed E-state index contributed by atoms with van der Waals surface area (Å²) in [7, 11) is 0. The Balaban J connectivity index is 1.62. The molecule has 0 radical (unpaired) electrons. The number of hydrogen-bond donors (Lipinski definition) is 1. The Morgan fingerprint density at radius 2 is 1.85 bits per heavy atom. The van der Waals surface area contributed by atoms with E-state index < -0.39 is 41.4 Å². The Bertz CT molecular complexity index is 1050. The van der Waals surface area contributed by atoms with E-state index >= 15 is 0 Å². The molecule has 6 nitrogen and oxygen atoms in total. The molecule has 0 unspecified atom stereocenters. The van der Waals surface area contributed by atoms with Crippen LogP contribution in [-0.4, -0.2) is 34.8 Å². The molecule has 1 aliphatic heterocycles. The van der Waals surface area contributed by atoms with Crippen LogP contribution in [0, 0.1) is 23.4 Å². The van der Waals surface area contributed by atoms with Gasteiger partial charge in [-0.05, 0) is 24.0 Å². The molecule has 1 fully saturated rings. The first-order chi connectivity index (χ1) is 16.2. The lowest BCUT2D eigenvalue weighted by molar-refractivity contribution is -0.150. The van der Waals surface area contributed by atoms with Crippen molar-refractivity contribution in [2.45, 2.75) is 58.3 Å². The number of nitrogens with one attached hydrogen (secondary N) is 1. The monoisotopic (exact) mass is 476 g/mol. The lowest BCUT2D eigenvalue weighted by Gasteiger charge is -2.26.